The molecule has 3 saturated carbocycles. The molecule has 3 rings (SSSR count). The topological polar surface area (TPSA) is 43.4 Å². The third-order valence-electron chi connectivity index (χ3n) is 4.81. The maximum atomic E-state index is 12.0. The van der Waals surface area contributed by atoms with E-state index in [1.54, 1.807) is 0 Å². The minimum Gasteiger partial charge on any atom is -0.469 e. The second kappa shape index (κ2) is 2.83. The molecular formula is C12H16O3. The number of ketones is 1. The zero-order chi connectivity index (χ0) is 10.6. The van der Waals surface area contributed by atoms with Crippen molar-refractivity contribution in [2.45, 2.75) is 32.1 Å². The van der Waals surface area contributed by atoms with Crippen LogP contribution in [0.3, 0.4) is 0 Å². The van der Waals surface area contributed by atoms with Crippen molar-refractivity contribution < 1.29 is 14.3 Å². The summed E-state index contributed by atoms with van der Waals surface area (Å²) in [5.74, 6) is 1.75. The van der Waals surface area contributed by atoms with Gasteiger partial charge in [0.05, 0.1) is 13.5 Å². The molecule has 0 bridgehead atoms. The lowest BCUT2D eigenvalue weighted by molar-refractivity contribution is -0.144. The van der Waals surface area contributed by atoms with Gasteiger partial charge in [-0.2, -0.15) is 0 Å². The van der Waals surface area contributed by atoms with E-state index in [0.717, 1.165) is 12.8 Å². The van der Waals surface area contributed by atoms with Gasteiger partial charge < -0.3 is 4.74 Å². The van der Waals surface area contributed by atoms with Crippen molar-refractivity contribution in [3.8, 4) is 0 Å². The van der Waals surface area contributed by atoms with E-state index in [1.807, 2.05) is 0 Å². The largest absolute Gasteiger partial charge is 0.469 e. The Bertz CT molecular complexity index is 336. The molecule has 3 aliphatic rings. The van der Waals surface area contributed by atoms with Gasteiger partial charge in [-0.15, -0.1) is 0 Å². The molecule has 4 unspecified atom stereocenters. The van der Waals surface area contributed by atoms with Crippen LogP contribution in [0.4, 0.5) is 0 Å². The molecule has 0 heterocycles. The van der Waals surface area contributed by atoms with Crippen LogP contribution in [0.25, 0.3) is 0 Å². The molecule has 0 N–H and O–H groups in total. The van der Waals surface area contributed by atoms with Crippen molar-refractivity contribution in [1.82, 2.24) is 0 Å². The van der Waals surface area contributed by atoms with Gasteiger partial charge in [0, 0.05) is 11.8 Å². The highest BCUT2D eigenvalue weighted by Crippen LogP contribution is 2.74. The summed E-state index contributed by atoms with van der Waals surface area (Å²) in [5.41, 5.74) is -0.270. The monoisotopic (exact) mass is 208 g/mol. The summed E-state index contributed by atoms with van der Waals surface area (Å²) >= 11 is 0. The number of ether oxygens (including phenoxy) is 1. The summed E-state index contributed by atoms with van der Waals surface area (Å²) in [6.45, 7) is 0. The number of fused-ring (bicyclic) bond motifs is 1. The number of esters is 1. The lowest BCUT2D eigenvalue weighted by Gasteiger charge is -2.19. The van der Waals surface area contributed by atoms with E-state index in [9.17, 15) is 9.59 Å². The zero-order valence-electron chi connectivity index (χ0n) is 8.99. The SMILES string of the molecule is COC(=O)CC12C(=O)CC3CCCC1C32. The molecule has 0 aromatic carbocycles. The van der Waals surface area contributed by atoms with Gasteiger partial charge >= 0.3 is 5.97 Å². The number of carbonyl (C=O) groups excluding carboxylic acids is 2. The molecule has 0 aromatic rings. The van der Waals surface area contributed by atoms with Crippen molar-refractivity contribution >= 4 is 11.8 Å². The Morgan fingerprint density at radius 1 is 1.53 bits per heavy atom. The first-order chi connectivity index (χ1) is 7.20. The molecule has 3 heteroatoms. The lowest BCUT2D eigenvalue weighted by atomic mass is 9.85. The van der Waals surface area contributed by atoms with E-state index in [1.165, 1.54) is 20.0 Å². The van der Waals surface area contributed by atoms with Gasteiger partial charge in [0.15, 0.2) is 0 Å². The second-order valence-corrected chi connectivity index (χ2v) is 5.24. The Balaban J connectivity index is 1.86. The van der Waals surface area contributed by atoms with Gasteiger partial charge in [-0.1, -0.05) is 6.42 Å². The molecule has 15 heavy (non-hydrogen) atoms. The van der Waals surface area contributed by atoms with Crippen LogP contribution in [0, 0.1) is 23.2 Å². The Morgan fingerprint density at radius 3 is 3.00 bits per heavy atom. The first kappa shape index (κ1) is 9.37. The van der Waals surface area contributed by atoms with E-state index in [2.05, 4.69) is 0 Å². The minimum atomic E-state index is -0.270. The average Bonchev–Trinajstić information content (AvgIpc) is 2.79. The van der Waals surface area contributed by atoms with E-state index in [-0.39, 0.29) is 11.4 Å². The highest BCUT2D eigenvalue weighted by Gasteiger charge is 2.75. The Morgan fingerprint density at radius 2 is 2.33 bits per heavy atom. The molecule has 4 atom stereocenters. The summed E-state index contributed by atoms with van der Waals surface area (Å²) in [6.07, 6.45) is 4.63. The molecule has 0 aliphatic heterocycles. The second-order valence-electron chi connectivity index (χ2n) is 5.24. The van der Waals surface area contributed by atoms with Crippen LogP contribution in [0.5, 0.6) is 0 Å². The van der Waals surface area contributed by atoms with Crippen LogP contribution >= 0.6 is 0 Å². The molecule has 0 radical (unpaired) electrons. The number of rotatable bonds is 2. The maximum absolute atomic E-state index is 12.0. The molecule has 3 nitrogen and oxygen atoms in total. The molecule has 0 saturated heterocycles. The van der Waals surface area contributed by atoms with E-state index < -0.39 is 0 Å². The van der Waals surface area contributed by atoms with E-state index in [0.29, 0.717) is 30.0 Å². The number of hydrogen-bond donors (Lipinski definition) is 0. The molecule has 0 spiro atoms. The summed E-state index contributed by atoms with van der Waals surface area (Å²) in [7, 11) is 1.40. The zero-order valence-corrected chi connectivity index (χ0v) is 8.99. The predicted octanol–water partition coefficient (Wildman–Crippen LogP) is 1.55. The number of carbonyl (C=O) groups is 2. The molecular weight excluding hydrogens is 192 g/mol. The standard InChI is InChI=1S/C12H16O3/c1-15-10(14)6-12-8-4-2-3-7(11(8)12)5-9(12)13/h7-8,11H,2-6H2,1H3. The molecule has 0 aromatic heterocycles. The van der Waals surface area contributed by atoms with Crippen molar-refractivity contribution in [1.29, 1.82) is 0 Å². The lowest BCUT2D eigenvalue weighted by Crippen LogP contribution is -2.22. The highest BCUT2D eigenvalue weighted by molar-refractivity contribution is 5.95. The molecule has 3 fully saturated rings. The van der Waals surface area contributed by atoms with Gasteiger partial charge in [0.25, 0.3) is 0 Å². The quantitative estimate of drug-likeness (QED) is 0.647. The van der Waals surface area contributed by atoms with Gasteiger partial charge in [-0.05, 0) is 30.6 Å². The summed E-state index contributed by atoms with van der Waals surface area (Å²) in [4.78, 5) is 23.4. The first-order valence-electron chi connectivity index (χ1n) is 5.80. The number of methoxy groups -OCH3 is 1. The van der Waals surface area contributed by atoms with Gasteiger partial charge in [0.1, 0.15) is 5.78 Å². The van der Waals surface area contributed by atoms with Gasteiger partial charge in [0.2, 0.25) is 0 Å². The smallest absolute Gasteiger partial charge is 0.306 e. The van der Waals surface area contributed by atoms with Crippen LogP contribution in [0.2, 0.25) is 0 Å². The Labute approximate surface area is 89.2 Å². The van der Waals surface area contributed by atoms with E-state index >= 15 is 0 Å². The normalized spacial score (nSPS) is 46.2. The average molecular weight is 208 g/mol. The van der Waals surface area contributed by atoms with Crippen molar-refractivity contribution in [3.05, 3.63) is 0 Å². The fourth-order valence-electron chi connectivity index (χ4n) is 4.22. The third-order valence-corrected chi connectivity index (χ3v) is 4.81. The molecule has 82 valence electrons. The maximum Gasteiger partial charge on any atom is 0.306 e. The highest BCUT2D eigenvalue weighted by atomic mass is 16.5. The number of hydrogen-bond acceptors (Lipinski definition) is 3. The van der Waals surface area contributed by atoms with Crippen molar-refractivity contribution in [2.24, 2.45) is 23.2 Å². The van der Waals surface area contributed by atoms with Crippen LogP contribution < -0.4 is 0 Å². The summed E-state index contributed by atoms with van der Waals surface area (Å²) < 4.78 is 4.71. The molecule has 0 amide bonds. The Hall–Kier alpha value is -0.860. The number of Topliss-reactive ketones (excluding diaryl/α,β-unsaturated/α-hetero) is 1. The van der Waals surface area contributed by atoms with Crippen molar-refractivity contribution in [3.63, 3.8) is 0 Å². The van der Waals surface area contributed by atoms with E-state index in [4.69, 9.17) is 4.74 Å². The van der Waals surface area contributed by atoms with Crippen LogP contribution in [-0.2, 0) is 14.3 Å². The summed E-state index contributed by atoms with van der Waals surface area (Å²) in [5, 5.41) is 0. The summed E-state index contributed by atoms with van der Waals surface area (Å²) in [6, 6.07) is 0. The predicted molar refractivity (Wildman–Crippen MR) is 53.0 cm³/mol. The first-order valence-corrected chi connectivity index (χ1v) is 5.80. The van der Waals surface area contributed by atoms with Gasteiger partial charge in [-0.25, -0.2) is 0 Å². The van der Waals surface area contributed by atoms with Crippen molar-refractivity contribution in [2.75, 3.05) is 7.11 Å². The third kappa shape index (κ3) is 1.01. The van der Waals surface area contributed by atoms with Gasteiger partial charge in [-0.3, -0.25) is 9.59 Å². The van der Waals surface area contributed by atoms with Crippen LogP contribution in [-0.4, -0.2) is 18.9 Å². The minimum absolute atomic E-state index is 0.210. The fourth-order valence-corrected chi connectivity index (χ4v) is 4.22. The van der Waals surface area contributed by atoms with Crippen LogP contribution in [0.1, 0.15) is 32.1 Å². The Kier molecular flexibility index (Phi) is 1.77. The van der Waals surface area contributed by atoms with Crippen LogP contribution in [0.15, 0.2) is 0 Å². The fraction of sp³-hybridized carbons (Fsp3) is 0.833. The molecule has 3 aliphatic carbocycles.